The number of hydrogen-bond acceptors (Lipinski definition) is 4. The van der Waals surface area contributed by atoms with Crippen LogP contribution in [0.15, 0.2) is 46.1 Å². The summed E-state index contributed by atoms with van der Waals surface area (Å²) in [6.07, 6.45) is 4.31. The van der Waals surface area contributed by atoms with Crippen LogP contribution < -0.4 is 5.43 Å². The average Bonchev–Trinajstić information content (AvgIpc) is 2.42. The molecule has 1 N–H and O–H groups in total. The Morgan fingerprint density at radius 2 is 2.16 bits per heavy atom. The summed E-state index contributed by atoms with van der Waals surface area (Å²) < 4.78 is 5.30. The number of aromatic hydroxyl groups is 1. The summed E-state index contributed by atoms with van der Waals surface area (Å²) in [5, 5.41) is 9.98. The Hall–Kier alpha value is -2.62. The fourth-order valence-corrected chi connectivity index (χ4v) is 1.72. The SMILES string of the molecule is C=Cc1ccc2oc(C(=O)C=CC)c(O)c(=O)c2c1. The van der Waals surface area contributed by atoms with Crippen LogP contribution in [0.2, 0.25) is 0 Å². The number of carbonyl (C=O) groups excluding carboxylic acids is 1. The lowest BCUT2D eigenvalue weighted by Crippen LogP contribution is -2.07. The minimum Gasteiger partial charge on any atom is -0.501 e. The van der Waals surface area contributed by atoms with Crippen molar-refractivity contribution in [3.05, 3.63) is 58.5 Å². The Morgan fingerprint density at radius 1 is 1.42 bits per heavy atom. The van der Waals surface area contributed by atoms with Crippen molar-refractivity contribution in [3.63, 3.8) is 0 Å². The fourth-order valence-electron chi connectivity index (χ4n) is 1.72. The lowest BCUT2D eigenvalue weighted by Gasteiger charge is -2.03. The van der Waals surface area contributed by atoms with Gasteiger partial charge in [0.15, 0.2) is 0 Å². The van der Waals surface area contributed by atoms with Gasteiger partial charge in [-0.25, -0.2) is 0 Å². The summed E-state index contributed by atoms with van der Waals surface area (Å²) in [6, 6.07) is 4.83. The maximum absolute atomic E-state index is 12.0. The minimum absolute atomic E-state index is 0.215. The first-order chi connectivity index (χ1) is 9.08. The summed E-state index contributed by atoms with van der Waals surface area (Å²) in [4.78, 5) is 23.7. The van der Waals surface area contributed by atoms with E-state index in [1.807, 2.05) is 0 Å². The van der Waals surface area contributed by atoms with Crippen molar-refractivity contribution in [2.45, 2.75) is 6.92 Å². The standard InChI is InChI=1S/C15H12O4/c1-3-5-11(16)15-14(18)13(17)10-8-9(4-2)6-7-12(10)19-15/h3-8,18H,2H2,1H3. The average molecular weight is 256 g/mol. The molecule has 19 heavy (non-hydrogen) atoms. The Labute approximate surface area is 109 Å². The maximum atomic E-state index is 12.0. The van der Waals surface area contributed by atoms with E-state index in [0.717, 1.165) is 5.56 Å². The molecule has 2 rings (SSSR count). The molecule has 1 heterocycles. The molecule has 0 aliphatic heterocycles. The summed E-state index contributed by atoms with van der Waals surface area (Å²) in [7, 11) is 0. The van der Waals surface area contributed by atoms with Crippen LogP contribution in [0.5, 0.6) is 5.75 Å². The van der Waals surface area contributed by atoms with Gasteiger partial charge in [0.1, 0.15) is 5.58 Å². The molecule has 0 saturated carbocycles. The minimum atomic E-state index is -0.670. The van der Waals surface area contributed by atoms with Gasteiger partial charge in [0.2, 0.25) is 22.7 Å². The van der Waals surface area contributed by atoms with Crippen molar-refractivity contribution in [1.29, 1.82) is 0 Å². The van der Waals surface area contributed by atoms with E-state index >= 15 is 0 Å². The van der Waals surface area contributed by atoms with Gasteiger partial charge in [-0.3, -0.25) is 9.59 Å². The first kappa shape index (κ1) is 12.8. The number of benzene rings is 1. The first-order valence-electron chi connectivity index (χ1n) is 5.67. The Balaban J connectivity index is 2.79. The zero-order chi connectivity index (χ0) is 14.0. The molecule has 0 radical (unpaired) electrons. The maximum Gasteiger partial charge on any atom is 0.235 e. The molecule has 0 aliphatic carbocycles. The van der Waals surface area contributed by atoms with Crippen molar-refractivity contribution in [3.8, 4) is 5.75 Å². The molecule has 0 aliphatic rings. The van der Waals surface area contributed by atoms with Crippen molar-refractivity contribution >= 4 is 22.8 Å². The van der Waals surface area contributed by atoms with Gasteiger partial charge in [0, 0.05) is 0 Å². The molecule has 0 atom stereocenters. The van der Waals surface area contributed by atoms with E-state index in [1.54, 1.807) is 31.2 Å². The summed E-state index contributed by atoms with van der Waals surface area (Å²) in [5.41, 5.74) is 0.353. The molecule has 0 bridgehead atoms. The zero-order valence-corrected chi connectivity index (χ0v) is 10.3. The van der Waals surface area contributed by atoms with Crippen LogP contribution in [0, 0.1) is 0 Å². The zero-order valence-electron chi connectivity index (χ0n) is 10.3. The van der Waals surface area contributed by atoms with E-state index < -0.39 is 17.0 Å². The third-order valence-corrected chi connectivity index (χ3v) is 2.67. The number of fused-ring (bicyclic) bond motifs is 1. The van der Waals surface area contributed by atoms with Gasteiger partial charge in [-0.1, -0.05) is 24.8 Å². The Kier molecular flexibility index (Phi) is 3.33. The molecule has 1 aromatic heterocycles. The Bertz CT molecular complexity index is 751. The van der Waals surface area contributed by atoms with Crippen LogP contribution in [-0.4, -0.2) is 10.9 Å². The van der Waals surface area contributed by atoms with Crippen molar-refractivity contribution in [2.24, 2.45) is 0 Å². The lowest BCUT2D eigenvalue weighted by molar-refractivity contribution is 0.101. The van der Waals surface area contributed by atoms with Crippen LogP contribution in [0.1, 0.15) is 23.0 Å². The number of hydrogen-bond donors (Lipinski definition) is 1. The van der Waals surface area contributed by atoms with Gasteiger partial charge < -0.3 is 9.52 Å². The molecule has 4 heteroatoms. The molecule has 0 spiro atoms. The Morgan fingerprint density at radius 3 is 2.79 bits per heavy atom. The first-order valence-corrected chi connectivity index (χ1v) is 5.67. The van der Waals surface area contributed by atoms with Crippen LogP contribution in [0.4, 0.5) is 0 Å². The number of carbonyl (C=O) groups is 1. The lowest BCUT2D eigenvalue weighted by atomic mass is 10.1. The van der Waals surface area contributed by atoms with Crippen molar-refractivity contribution in [1.82, 2.24) is 0 Å². The molecule has 2 aromatic rings. The third-order valence-electron chi connectivity index (χ3n) is 2.67. The third kappa shape index (κ3) is 2.20. The highest BCUT2D eigenvalue weighted by Crippen LogP contribution is 2.22. The highest BCUT2D eigenvalue weighted by atomic mass is 16.4. The van der Waals surface area contributed by atoms with E-state index in [1.165, 1.54) is 12.2 Å². The van der Waals surface area contributed by atoms with Crippen LogP contribution in [0.3, 0.4) is 0 Å². The van der Waals surface area contributed by atoms with E-state index in [4.69, 9.17) is 4.42 Å². The molecule has 0 fully saturated rings. The number of rotatable bonds is 3. The van der Waals surface area contributed by atoms with Gasteiger partial charge in [-0.2, -0.15) is 0 Å². The smallest absolute Gasteiger partial charge is 0.235 e. The largest absolute Gasteiger partial charge is 0.501 e. The summed E-state index contributed by atoms with van der Waals surface area (Å²) in [6.45, 7) is 5.26. The van der Waals surface area contributed by atoms with E-state index in [0.29, 0.717) is 0 Å². The quantitative estimate of drug-likeness (QED) is 0.677. The molecular weight excluding hydrogens is 244 g/mol. The monoisotopic (exact) mass is 256 g/mol. The van der Waals surface area contributed by atoms with Gasteiger partial charge in [-0.15, -0.1) is 0 Å². The fraction of sp³-hybridized carbons (Fsp3) is 0.0667. The van der Waals surface area contributed by atoms with Crippen LogP contribution >= 0.6 is 0 Å². The van der Waals surface area contributed by atoms with Gasteiger partial charge in [0.05, 0.1) is 5.39 Å². The summed E-state index contributed by atoms with van der Waals surface area (Å²) in [5.74, 6) is -1.56. The molecular formula is C15H12O4. The number of allylic oxidation sites excluding steroid dienone is 2. The van der Waals surface area contributed by atoms with E-state index in [9.17, 15) is 14.7 Å². The van der Waals surface area contributed by atoms with Gasteiger partial charge >= 0.3 is 0 Å². The molecule has 1 aromatic carbocycles. The normalized spacial score (nSPS) is 11.0. The summed E-state index contributed by atoms with van der Waals surface area (Å²) >= 11 is 0. The molecule has 4 nitrogen and oxygen atoms in total. The molecule has 0 amide bonds. The van der Waals surface area contributed by atoms with Crippen molar-refractivity contribution in [2.75, 3.05) is 0 Å². The second kappa shape index (κ2) is 4.94. The van der Waals surface area contributed by atoms with Gasteiger partial charge in [0.25, 0.3) is 0 Å². The van der Waals surface area contributed by atoms with Crippen LogP contribution in [0.25, 0.3) is 17.0 Å². The predicted molar refractivity (Wildman–Crippen MR) is 73.4 cm³/mol. The van der Waals surface area contributed by atoms with E-state index in [2.05, 4.69) is 6.58 Å². The molecule has 0 saturated heterocycles. The molecule has 0 unspecified atom stereocenters. The highest BCUT2D eigenvalue weighted by molar-refractivity contribution is 6.05. The molecule has 96 valence electrons. The number of ketones is 1. The second-order valence-electron chi connectivity index (χ2n) is 3.93. The highest BCUT2D eigenvalue weighted by Gasteiger charge is 2.18. The topological polar surface area (TPSA) is 67.5 Å². The van der Waals surface area contributed by atoms with Crippen molar-refractivity contribution < 1.29 is 14.3 Å². The predicted octanol–water partition coefficient (Wildman–Crippen LogP) is 2.90. The second-order valence-corrected chi connectivity index (χ2v) is 3.93. The van der Waals surface area contributed by atoms with E-state index in [-0.39, 0.29) is 16.7 Å². The van der Waals surface area contributed by atoms with Crippen LogP contribution in [-0.2, 0) is 0 Å². The van der Waals surface area contributed by atoms with Gasteiger partial charge in [-0.05, 0) is 30.7 Å².